The molecule has 0 unspecified atom stereocenters. The van der Waals surface area contributed by atoms with Crippen LogP contribution in [0, 0.1) is 0 Å². The van der Waals surface area contributed by atoms with Crippen LogP contribution in [0.1, 0.15) is 18.9 Å². The molecule has 0 saturated heterocycles. The van der Waals surface area contributed by atoms with E-state index in [1.54, 1.807) is 18.2 Å². The molecule has 0 fully saturated rings. The molecule has 3 rings (SSSR count). The Hall–Kier alpha value is -2.36. The molecule has 0 spiro atoms. The predicted octanol–water partition coefficient (Wildman–Crippen LogP) is 2.69. The smallest absolute Gasteiger partial charge is 0.240 e. The lowest BCUT2D eigenvalue weighted by Crippen LogP contribution is -2.12. The maximum atomic E-state index is 12.0. The van der Waals surface area contributed by atoms with Gasteiger partial charge < -0.3 is 9.47 Å². The number of nitrogens with two attached hydrogens (primary N) is 1. The predicted molar refractivity (Wildman–Crippen MR) is 102 cm³/mol. The van der Waals surface area contributed by atoms with Gasteiger partial charge in [0.1, 0.15) is 4.90 Å². The second-order valence-electron chi connectivity index (χ2n) is 5.84. The molecule has 2 heterocycles. The average molecular weight is 411 g/mol. The van der Waals surface area contributed by atoms with Crippen LogP contribution in [0.3, 0.4) is 0 Å². The normalized spacial score (nSPS) is 11.7. The van der Waals surface area contributed by atoms with E-state index in [4.69, 9.17) is 26.2 Å². The van der Waals surface area contributed by atoms with Crippen LogP contribution in [0.15, 0.2) is 29.3 Å². The van der Waals surface area contributed by atoms with E-state index in [0.29, 0.717) is 34.1 Å². The van der Waals surface area contributed by atoms with Gasteiger partial charge in [-0.2, -0.15) is 9.97 Å². The second kappa shape index (κ2) is 7.34. The molecule has 0 atom stereocenters. The Morgan fingerprint density at radius 1 is 1.19 bits per heavy atom. The van der Waals surface area contributed by atoms with Crippen molar-refractivity contribution in [1.82, 2.24) is 14.5 Å². The minimum atomic E-state index is -3.96. The number of primary sulfonamides is 1. The number of methoxy groups -OCH3 is 2. The number of sulfonamides is 1. The molecule has 0 aliphatic rings. The van der Waals surface area contributed by atoms with Crippen molar-refractivity contribution in [3.8, 4) is 17.7 Å². The van der Waals surface area contributed by atoms with Crippen LogP contribution in [0.25, 0.3) is 16.9 Å². The highest BCUT2D eigenvalue weighted by Crippen LogP contribution is 2.32. The lowest BCUT2D eigenvalue weighted by Gasteiger charge is -2.13. The lowest BCUT2D eigenvalue weighted by molar-refractivity contribution is 0.361. The van der Waals surface area contributed by atoms with Crippen molar-refractivity contribution >= 4 is 32.5 Å². The summed E-state index contributed by atoms with van der Waals surface area (Å²) in [5.41, 5.74) is 1.24. The largest absolute Gasteiger partial charge is 0.481 e. The summed E-state index contributed by atoms with van der Waals surface area (Å²) in [6.07, 6.45) is 2.89. The number of halogens is 1. The van der Waals surface area contributed by atoms with E-state index in [1.165, 1.54) is 25.0 Å². The van der Waals surface area contributed by atoms with E-state index in [1.807, 2.05) is 6.92 Å². The fourth-order valence-electron chi connectivity index (χ4n) is 2.90. The van der Waals surface area contributed by atoms with Gasteiger partial charge in [-0.3, -0.25) is 4.57 Å². The molecule has 0 saturated carbocycles. The molecular formula is C17H19ClN4O4S. The number of fused-ring (bicyclic) bond motifs is 1. The highest BCUT2D eigenvalue weighted by molar-refractivity contribution is 7.89. The maximum Gasteiger partial charge on any atom is 0.240 e. The molecule has 27 heavy (non-hydrogen) atoms. The molecule has 0 bridgehead atoms. The Morgan fingerprint density at radius 2 is 1.81 bits per heavy atom. The third kappa shape index (κ3) is 3.58. The third-order valence-electron chi connectivity index (χ3n) is 4.06. The highest BCUT2D eigenvalue weighted by atomic mass is 35.5. The van der Waals surface area contributed by atoms with Crippen molar-refractivity contribution in [3.05, 3.63) is 35.0 Å². The van der Waals surface area contributed by atoms with E-state index < -0.39 is 10.0 Å². The van der Waals surface area contributed by atoms with Crippen LogP contribution in [-0.4, -0.2) is 37.2 Å². The Morgan fingerprint density at radius 3 is 2.33 bits per heavy atom. The van der Waals surface area contributed by atoms with Crippen LogP contribution < -0.4 is 14.6 Å². The average Bonchev–Trinajstić information content (AvgIpc) is 3.01. The zero-order valence-electron chi connectivity index (χ0n) is 15.1. The van der Waals surface area contributed by atoms with E-state index >= 15 is 0 Å². The van der Waals surface area contributed by atoms with Gasteiger partial charge in [-0.05, 0) is 24.6 Å². The topological polar surface area (TPSA) is 109 Å². The van der Waals surface area contributed by atoms with Gasteiger partial charge in [0.05, 0.1) is 25.3 Å². The lowest BCUT2D eigenvalue weighted by atomic mass is 10.2. The van der Waals surface area contributed by atoms with E-state index in [9.17, 15) is 8.42 Å². The first-order valence-corrected chi connectivity index (χ1v) is 10.0. The van der Waals surface area contributed by atoms with E-state index in [2.05, 4.69) is 9.97 Å². The number of hydrogen-bond acceptors (Lipinski definition) is 6. The number of rotatable bonds is 6. The molecule has 1 aromatic carbocycles. The first-order chi connectivity index (χ1) is 12.8. The third-order valence-corrected chi connectivity index (χ3v) is 5.23. The summed E-state index contributed by atoms with van der Waals surface area (Å²) in [4.78, 5) is 8.82. The van der Waals surface area contributed by atoms with Crippen LogP contribution >= 0.6 is 11.6 Å². The molecule has 8 nitrogen and oxygen atoms in total. The maximum absolute atomic E-state index is 12.0. The number of ether oxygens (including phenoxy) is 2. The molecule has 0 aliphatic carbocycles. The monoisotopic (exact) mass is 410 g/mol. The van der Waals surface area contributed by atoms with Gasteiger partial charge in [-0.15, -0.1) is 0 Å². The molecular weight excluding hydrogens is 392 g/mol. The van der Waals surface area contributed by atoms with Gasteiger partial charge in [-0.25, -0.2) is 13.6 Å². The van der Waals surface area contributed by atoms with E-state index in [-0.39, 0.29) is 10.8 Å². The van der Waals surface area contributed by atoms with Crippen LogP contribution in [-0.2, 0) is 16.4 Å². The molecule has 0 radical (unpaired) electrons. The van der Waals surface area contributed by atoms with Crippen molar-refractivity contribution in [2.24, 2.45) is 5.14 Å². The van der Waals surface area contributed by atoms with Crippen LogP contribution in [0.5, 0.6) is 11.8 Å². The summed E-state index contributed by atoms with van der Waals surface area (Å²) in [6.45, 7) is 2.02. The molecule has 2 aromatic heterocycles. The number of aromatic nitrogens is 3. The van der Waals surface area contributed by atoms with Gasteiger partial charge in [0, 0.05) is 16.6 Å². The minimum Gasteiger partial charge on any atom is -0.481 e. The molecule has 144 valence electrons. The Bertz CT molecular complexity index is 1090. The Labute approximate surface area is 161 Å². The standard InChI is InChI=1S/C17H19ClN4O4S/c1-4-5-12-15(25-2)20-17(21-16(12)26-3)22-9-14(27(19,23)24)11-7-6-10(18)8-13(11)22/h6-9H,4-5H2,1-3H3,(H2,19,23,24). The first kappa shape index (κ1) is 19.4. The van der Waals surface area contributed by atoms with Gasteiger partial charge >= 0.3 is 0 Å². The number of nitrogens with zero attached hydrogens (tertiary/aromatic N) is 3. The highest BCUT2D eigenvalue weighted by Gasteiger charge is 2.22. The van der Waals surface area contributed by atoms with Crippen molar-refractivity contribution in [2.75, 3.05) is 14.2 Å². The van der Waals surface area contributed by atoms with Crippen molar-refractivity contribution in [3.63, 3.8) is 0 Å². The molecule has 10 heteroatoms. The summed E-state index contributed by atoms with van der Waals surface area (Å²) in [5.74, 6) is 0.908. The van der Waals surface area contributed by atoms with Crippen LogP contribution in [0.2, 0.25) is 5.02 Å². The fourth-order valence-corrected chi connectivity index (χ4v) is 3.80. The van der Waals surface area contributed by atoms with Crippen molar-refractivity contribution in [2.45, 2.75) is 24.7 Å². The quantitative estimate of drug-likeness (QED) is 0.669. The molecule has 3 aromatic rings. The molecule has 0 amide bonds. The Kier molecular flexibility index (Phi) is 5.27. The van der Waals surface area contributed by atoms with Crippen LogP contribution in [0.4, 0.5) is 0 Å². The SMILES string of the molecule is CCCc1c(OC)nc(-n2cc(S(N)(=O)=O)c3ccc(Cl)cc32)nc1OC. The zero-order valence-corrected chi connectivity index (χ0v) is 16.6. The van der Waals surface area contributed by atoms with E-state index in [0.717, 1.165) is 12.0 Å². The summed E-state index contributed by atoms with van der Waals surface area (Å²) >= 11 is 6.10. The number of hydrogen-bond donors (Lipinski definition) is 1. The van der Waals surface area contributed by atoms with Crippen molar-refractivity contribution in [1.29, 1.82) is 0 Å². The number of benzene rings is 1. The molecule has 2 N–H and O–H groups in total. The van der Waals surface area contributed by atoms with Gasteiger partial charge in [-0.1, -0.05) is 24.9 Å². The van der Waals surface area contributed by atoms with Gasteiger partial charge in [0.2, 0.25) is 27.7 Å². The van der Waals surface area contributed by atoms with Gasteiger partial charge in [0.15, 0.2) is 0 Å². The van der Waals surface area contributed by atoms with Gasteiger partial charge in [0.25, 0.3) is 0 Å². The molecule has 0 aliphatic heterocycles. The Balaban J connectivity index is 2.34. The zero-order chi connectivity index (χ0) is 19.8. The second-order valence-corrected chi connectivity index (χ2v) is 7.81. The fraction of sp³-hybridized carbons (Fsp3) is 0.294. The summed E-state index contributed by atoms with van der Waals surface area (Å²) in [5, 5.41) is 6.22. The minimum absolute atomic E-state index is 0.0478. The summed E-state index contributed by atoms with van der Waals surface area (Å²) in [7, 11) is -0.949. The first-order valence-electron chi connectivity index (χ1n) is 8.12. The van der Waals surface area contributed by atoms with Crippen molar-refractivity contribution < 1.29 is 17.9 Å². The summed E-state index contributed by atoms with van der Waals surface area (Å²) < 4.78 is 36.3. The summed E-state index contributed by atoms with van der Waals surface area (Å²) in [6, 6.07) is 4.80.